The number of rotatable bonds is 2. The van der Waals surface area contributed by atoms with Crippen LogP contribution < -0.4 is 11.1 Å². The van der Waals surface area contributed by atoms with Crippen LogP contribution in [0.3, 0.4) is 0 Å². The van der Waals surface area contributed by atoms with Crippen LogP contribution in [-0.2, 0) is 0 Å². The molecule has 0 unspecified atom stereocenters. The fourth-order valence-electron chi connectivity index (χ4n) is 1.98. The number of nitrogens with one attached hydrogen (secondary N) is 1. The maximum absolute atomic E-state index is 5.76. The molecular weight excluding hydrogens is 206 g/mol. The number of thiophene rings is 1. The van der Waals surface area contributed by atoms with E-state index >= 15 is 0 Å². The first kappa shape index (κ1) is 9.12. The van der Waals surface area contributed by atoms with E-state index in [-0.39, 0.29) is 0 Å². The van der Waals surface area contributed by atoms with Crippen LogP contribution in [0.25, 0.3) is 10.1 Å². The molecule has 0 aromatic carbocycles. The fourth-order valence-corrected chi connectivity index (χ4v) is 2.76. The molecule has 4 heteroatoms. The number of hydrogen-bond donors (Lipinski definition) is 2. The van der Waals surface area contributed by atoms with E-state index < -0.39 is 0 Å². The third-order valence-electron chi connectivity index (χ3n) is 2.90. The van der Waals surface area contributed by atoms with E-state index in [1.807, 2.05) is 6.20 Å². The molecule has 1 saturated carbocycles. The molecule has 0 aliphatic heterocycles. The molecule has 1 aliphatic rings. The third-order valence-corrected chi connectivity index (χ3v) is 3.78. The van der Waals surface area contributed by atoms with Crippen molar-refractivity contribution in [1.82, 2.24) is 4.98 Å². The van der Waals surface area contributed by atoms with Crippen LogP contribution in [0.15, 0.2) is 23.7 Å². The smallest absolute Gasteiger partial charge is 0.134 e. The largest absolute Gasteiger partial charge is 0.367 e. The van der Waals surface area contributed by atoms with Crippen LogP contribution in [0.4, 0.5) is 5.82 Å². The van der Waals surface area contributed by atoms with Crippen molar-refractivity contribution in [3.63, 3.8) is 0 Å². The van der Waals surface area contributed by atoms with E-state index in [4.69, 9.17) is 5.73 Å². The Labute approximate surface area is 92.3 Å². The van der Waals surface area contributed by atoms with Crippen LogP contribution in [0.1, 0.15) is 12.8 Å². The predicted octanol–water partition coefficient (Wildman–Crippen LogP) is 2.20. The number of aromatic nitrogens is 1. The second-order valence-corrected chi connectivity index (χ2v) is 5.01. The normalized spacial score (nSPS) is 25.1. The predicted molar refractivity (Wildman–Crippen MR) is 64.2 cm³/mol. The first-order valence-electron chi connectivity index (χ1n) is 5.17. The van der Waals surface area contributed by atoms with Gasteiger partial charge in [0.15, 0.2) is 0 Å². The van der Waals surface area contributed by atoms with Gasteiger partial charge in [-0.1, -0.05) is 0 Å². The highest BCUT2D eigenvalue weighted by atomic mass is 32.1. The third kappa shape index (κ3) is 1.60. The van der Waals surface area contributed by atoms with Gasteiger partial charge < -0.3 is 11.1 Å². The van der Waals surface area contributed by atoms with E-state index in [2.05, 4.69) is 27.8 Å². The van der Waals surface area contributed by atoms with Gasteiger partial charge in [-0.25, -0.2) is 4.98 Å². The van der Waals surface area contributed by atoms with Crippen molar-refractivity contribution in [2.24, 2.45) is 5.73 Å². The monoisotopic (exact) mass is 219 g/mol. The molecule has 0 bridgehead atoms. The molecule has 3 rings (SSSR count). The van der Waals surface area contributed by atoms with E-state index in [0.29, 0.717) is 12.1 Å². The first-order valence-corrected chi connectivity index (χ1v) is 6.05. The lowest BCUT2D eigenvalue weighted by atomic mass is 9.87. The summed E-state index contributed by atoms with van der Waals surface area (Å²) < 4.78 is 1.29. The number of anilines is 1. The van der Waals surface area contributed by atoms with Crippen molar-refractivity contribution in [1.29, 1.82) is 0 Å². The van der Waals surface area contributed by atoms with Gasteiger partial charge in [0.2, 0.25) is 0 Å². The summed E-state index contributed by atoms with van der Waals surface area (Å²) in [6.07, 6.45) is 3.98. The van der Waals surface area contributed by atoms with Gasteiger partial charge in [0.25, 0.3) is 0 Å². The fraction of sp³-hybridized carbons (Fsp3) is 0.364. The summed E-state index contributed by atoms with van der Waals surface area (Å²) in [7, 11) is 0. The zero-order chi connectivity index (χ0) is 10.3. The van der Waals surface area contributed by atoms with Crippen molar-refractivity contribution >= 4 is 27.2 Å². The quantitative estimate of drug-likeness (QED) is 0.814. The molecule has 0 spiro atoms. The zero-order valence-electron chi connectivity index (χ0n) is 8.31. The molecule has 0 radical (unpaired) electrons. The van der Waals surface area contributed by atoms with Gasteiger partial charge in [-0.15, -0.1) is 11.3 Å². The molecule has 3 N–H and O–H groups in total. The Hall–Kier alpha value is -1.13. The van der Waals surface area contributed by atoms with Crippen molar-refractivity contribution in [2.75, 3.05) is 5.32 Å². The van der Waals surface area contributed by atoms with Crippen LogP contribution in [0, 0.1) is 0 Å². The van der Waals surface area contributed by atoms with Gasteiger partial charge in [0, 0.05) is 28.4 Å². The Kier molecular flexibility index (Phi) is 2.11. The van der Waals surface area contributed by atoms with Crippen LogP contribution in [0.5, 0.6) is 0 Å². The minimum Gasteiger partial charge on any atom is -0.367 e. The highest BCUT2D eigenvalue weighted by Gasteiger charge is 2.26. The Morgan fingerprint density at radius 3 is 3.07 bits per heavy atom. The van der Waals surface area contributed by atoms with Crippen LogP contribution in [0.2, 0.25) is 0 Å². The molecule has 1 aliphatic carbocycles. The summed E-state index contributed by atoms with van der Waals surface area (Å²) in [6.45, 7) is 0. The van der Waals surface area contributed by atoms with Crippen LogP contribution in [-0.4, -0.2) is 17.1 Å². The molecular formula is C11H13N3S. The highest BCUT2D eigenvalue weighted by Crippen LogP contribution is 2.29. The van der Waals surface area contributed by atoms with Gasteiger partial charge in [0.1, 0.15) is 5.82 Å². The Morgan fingerprint density at radius 1 is 1.40 bits per heavy atom. The number of nitrogens with zero attached hydrogens (tertiary/aromatic N) is 1. The number of fused-ring (bicyclic) bond motifs is 1. The standard InChI is InChI=1S/C11H13N3S/c12-7-5-8(6-7)14-11-9-2-4-15-10(9)1-3-13-11/h1-4,7-8H,5-6,12H2,(H,13,14). The van der Waals surface area contributed by atoms with E-state index in [1.165, 1.54) is 10.1 Å². The molecule has 2 aromatic rings. The van der Waals surface area contributed by atoms with Gasteiger partial charge in [-0.2, -0.15) is 0 Å². The second-order valence-electron chi connectivity index (χ2n) is 4.06. The van der Waals surface area contributed by atoms with Crippen LogP contribution >= 0.6 is 11.3 Å². The minimum atomic E-state index is 0.379. The average molecular weight is 219 g/mol. The van der Waals surface area contributed by atoms with Crippen molar-refractivity contribution in [3.05, 3.63) is 23.7 Å². The lowest BCUT2D eigenvalue weighted by Gasteiger charge is -2.33. The molecule has 1 fully saturated rings. The van der Waals surface area contributed by atoms with E-state index in [0.717, 1.165) is 18.7 Å². The summed E-state index contributed by atoms with van der Waals surface area (Å²) in [4.78, 5) is 4.38. The summed E-state index contributed by atoms with van der Waals surface area (Å²) in [6, 6.07) is 5.06. The van der Waals surface area contributed by atoms with E-state index in [1.54, 1.807) is 11.3 Å². The lowest BCUT2D eigenvalue weighted by Crippen LogP contribution is -2.44. The van der Waals surface area contributed by atoms with E-state index in [9.17, 15) is 0 Å². The van der Waals surface area contributed by atoms with Crippen molar-refractivity contribution < 1.29 is 0 Å². The molecule has 2 heterocycles. The van der Waals surface area contributed by atoms with Gasteiger partial charge in [0.05, 0.1) is 0 Å². The number of pyridine rings is 1. The summed E-state index contributed by atoms with van der Waals surface area (Å²) in [5.74, 6) is 1.01. The second kappa shape index (κ2) is 3.47. The Morgan fingerprint density at radius 2 is 2.27 bits per heavy atom. The molecule has 0 amide bonds. The van der Waals surface area contributed by atoms with Crippen molar-refractivity contribution in [3.8, 4) is 0 Å². The molecule has 15 heavy (non-hydrogen) atoms. The van der Waals surface area contributed by atoms with Gasteiger partial charge >= 0.3 is 0 Å². The first-order chi connectivity index (χ1) is 7.33. The summed E-state index contributed by atoms with van der Waals surface area (Å²) in [5.41, 5.74) is 5.76. The Bertz CT molecular complexity index is 473. The molecule has 0 saturated heterocycles. The molecule has 2 aromatic heterocycles. The topological polar surface area (TPSA) is 50.9 Å². The molecule has 3 nitrogen and oxygen atoms in total. The average Bonchev–Trinajstić information content (AvgIpc) is 2.64. The Balaban J connectivity index is 1.87. The maximum atomic E-state index is 5.76. The SMILES string of the molecule is NC1CC(Nc2nccc3sccc23)C1. The van der Waals surface area contributed by atoms with Crippen molar-refractivity contribution in [2.45, 2.75) is 24.9 Å². The molecule has 78 valence electrons. The highest BCUT2D eigenvalue weighted by molar-refractivity contribution is 7.17. The number of hydrogen-bond acceptors (Lipinski definition) is 4. The summed E-state index contributed by atoms with van der Waals surface area (Å²) in [5, 5.41) is 6.78. The van der Waals surface area contributed by atoms with Gasteiger partial charge in [-0.3, -0.25) is 0 Å². The molecule has 0 atom stereocenters. The lowest BCUT2D eigenvalue weighted by molar-refractivity contribution is 0.373. The van der Waals surface area contributed by atoms with Gasteiger partial charge in [-0.05, 0) is 30.4 Å². The zero-order valence-corrected chi connectivity index (χ0v) is 9.13. The summed E-state index contributed by atoms with van der Waals surface area (Å²) >= 11 is 1.75. The maximum Gasteiger partial charge on any atom is 0.134 e. The number of nitrogens with two attached hydrogens (primary N) is 1. The minimum absolute atomic E-state index is 0.379.